The van der Waals surface area contributed by atoms with Gasteiger partial charge in [-0.25, -0.2) is 9.67 Å². The molecule has 7 nitrogen and oxygen atoms in total. The minimum absolute atomic E-state index is 0.0404. The molecule has 0 spiro atoms. The van der Waals surface area contributed by atoms with Crippen LogP contribution in [-0.4, -0.2) is 36.1 Å². The van der Waals surface area contributed by atoms with E-state index < -0.39 is 0 Å². The van der Waals surface area contributed by atoms with Crippen molar-refractivity contribution >= 4 is 29.0 Å². The van der Waals surface area contributed by atoms with Gasteiger partial charge in [0, 0.05) is 25.1 Å². The Morgan fingerprint density at radius 2 is 2.39 bits per heavy atom. The number of pyridine rings is 1. The van der Waals surface area contributed by atoms with E-state index in [9.17, 15) is 4.79 Å². The summed E-state index contributed by atoms with van der Waals surface area (Å²) in [6.45, 7) is 2.28. The van der Waals surface area contributed by atoms with Gasteiger partial charge in [0.1, 0.15) is 5.51 Å². The fraction of sp³-hybridized carbons (Fsp3) is 0.214. The van der Waals surface area contributed by atoms with Crippen LogP contribution in [-0.2, 0) is 11.3 Å². The quantitative estimate of drug-likeness (QED) is 0.686. The molecule has 0 radical (unpaired) electrons. The highest BCUT2D eigenvalue weighted by Gasteiger charge is 2.15. The van der Waals surface area contributed by atoms with Crippen molar-refractivity contribution in [3.05, 3.63) is 47.9 Å². The fourth-order valence-electron chi connectivity index (χ4n) is 1.81. The van der Waals surface area contributed by atoms with Crippen molar-refractivity contribution in [2.75, 3.05) is 0 Å². The number of aromatic nitrogens is 5. The molecule has 1 N–H and O–H groups in total. The third-order valence-electron chi connectivity index (χ3n) is 3.00. The molecule has 23 heavy (non-hydrogen) atoms. The van der Waals surface area contributed by atoms with Crippen LogP contribution in [0.4, 0.5) is 0 Å². The third-order valence-corrected chi connectivity index (χ3v) is 4.91. The molecular weight excluding hydrogens is 332 g/mol. The molecule has 3 rings (SSSR count). The van der Waals surface area contributed by atoms with Gasteiger partial charge in [-0.05, 0) is 24.6 Å². The molecule has 0 saturated heterocycles. The molecule has 0 bridgehead atoms. The number of hydrogen-bond donors (Lipinski definition) is 1. The van der Waals surface area contributed by atoms with E-state index in [-0.39, 0.29) is 11.2 Å². The van der Waals surface area contributed by atoms with Crippen LogP contribution in [0.3, 0.4) is 0 Å². The highest BCUT2D eigenvalue weighted by atomic mass is 32.2. The molecule has 9 heteroatoms. The van der Waals surface area contributed by atoms with E-state index in [0.717, 1.165) is 15.7 Å². The van der Waals surface area contributed by atoms with Gasteiger partial charge >= 0.3 is 0 Å². The Kier molecular flexibility index (Phi) is 4.99. The first-order valence-corrected chi connectivity index (χ1v) is 8.64. The van der Waals surface area contributed by atoms with E-state index in [0.29, 0.717) is 6.54 Å². The molecule has 1 atom stereocenters. The molecular formula is C14H14N6OS2. The molecule has 0 unspecified atom stereocenters. The number of carbonyl (C=O) groups excluding carboxylic acids is 1. The number of thioether (sulfide) groups is 1. The van der Waals surface area contributed by atoms with Crippen molar-refractivity contribution in [3.8, 4) is 5.82 Å². The summed E-state index contributed by atoms with van der Waals surface area (Å²) in [5.74, 6) is 0.701. The molecule has 3 heterocycles. The Morgan fingerprint density at radius 3 is 3.04 bits per heavy atom. The summed E-state index contributed by atoms with van der Waals surface area (Å²) < 4.78 is 2.47. The second-order valence-corrected chi connectivity index (χ2v) is 7.08. The van der Waals surface area contributed by atoms with Crippen LogP contribution in [0.2, 0.25) is 0 Å². The van der Waals surface area contributed by atoms with Gasteiger partial charge in [-0.2, -0.15) is 5.10 Å². The summed E-state index contributed by atoms with van der Waals surface area (Å²) in [6, 6.07) is 5.63. The maximum absolute atomic E-state index is 12.1. The van der Waals surface area contributed by atoms with Crippen molar-refractivity contribution in [3.63, 3.8) is 0 Å². The van der Waals surface area contributed by atoms with Gasteiger partial charge in [0.25, 0.3) is 0 Å². The Morgan fingerprint density at radius 1 is 1.48 bits per heavy atom. The molecule has 0 aromatic carbocycles. The second-order valence-electron chi connectivity index (χ2n) is 4.66. The molecule has 3 aromatic rings. The lowest BCUT2D eigenvalue weighted by molar-refractivity contribution is -0.120. The topological polar surface area (TPSA) is 85.6 Å². The highest BCUT2D eigenvalue weighted by Crippen LogP contribution is 2.24. The summed E-state index contributed by atoms with van der Waals surface area (Å²) in [7, 11) is 0. The normalized spacial score (nSPS) is 12.0. The monoisotopic (exact) mass is 346 g/mol. The van der Waals surface area contributed by atoms with Gasteiger partial charge in [-0.1, -0.05) is 29.2 Å². The molecule has 0 aliphatic rings. The molecule has 0 aliphatic carbocycles. The van der Waals surface area contributed by atoms with Gasteiger partial charge in [0.05, 0.1) is 5.25 Å². The van der Waals surface area contributed by atoms with Crippen LogP contribution in [0.5, 0.6) is 0 Å². The maximum Gasteiger partial charge on any atom is 0.233 e. The van der Waals surface area contributed by atoms with Crippen molar-refractivity contribution in [2.45, 2.75) is 23.1 Å². The number of rotatable bonds is 6. The third kappa shape index (κ3) is 4.14. The van der Waals surface area contributed by atoms with Crippen LogP contribution >= 0.6 is 23.1 Å². The average molecular weight is 346 g/mol. The van der Waals surface area contributed by atoms with Gasteiger partial charge in [0.2, 0.25) is 5.91 Å². The van der Waals surface area contributed by atoms with Crippen molar-refractivity contribution in [2.24, 2.45) is 0 Å². The van der Waals surface area contributed by atoms with Gasteiger partial charge in [0.15, 0.2) is 10.2 Å². The van der Waals surface area contributed by atoms with Gasteiger partial charge in [-0.3, -0.25) is 4.79 Å². The first-order chi connectivity index (χ1) is 11.2. The molecule has 0 saturated carbocycles. The SMILES string of the molecule is C[C@@H](Sc1nncs1)C(=O)NCc1ccc(-n2cccn2)nc1. The predicted molar refractivity (Wildman–Crippen MR) is 88.4 cm³/mol. The lowest BCUT2D eigenvalue weighted by Gasteiger charge is -2.10. The van der Waals surface area contributed by atoms with E-state index in [4.69, 9.17) is 0 Å². The zero-order valence-corrected chi connectivity index (χ0v) is 13.9. The number of nitrogens with one attached hydrogen (secondary N) is 1. The maximum atomic E-state index is 12.1. The summed E-state index contributed by atoms with van der Waals surface area (Å²) in [4.78, 5) is 16.4. The Balaban J connectivity index is 1.52. The van der Waals surface area contributed by atoms with Crippen molar-refractivity contribution in [1.82, 2.24) is 30.3 Å². The van der Waals surface area contributed by atoms with Crippen molar-refractivity contribution < 1.29 is 4.79 Å². The zero-order valence-electron chi connectivity index (χ0n) is 12.3. The molecule has 3 aromatic heterocycles. The summed E-state index contributed by atoms with van der Waals surface area (Å²) >= 11 is 2.83. The highest BCUT2D eigenvalue weighted by molar-refractivity contribution is 8.02. The molecule has 0 fully saturated rings. The minimum Gasteiger partial charge on any atom is -0.351 e. The number of carbonyl (C=O) groups is 1. The summed E-state index contributed by atoms with van der Waals surface area (Å²) in [5, 5.41) is 14.5. The smallest absolute Gasteiger partial charge is 0.233 e. The molecule has 0 aliphatic heterocycles. The average Bonchev–Trinajstić information content (AvgIpc) is 3.26. The van der Waals surface area contributed by atoms with E-state index in [1.165, 1.54) is 23.1 Å². The van der Waals surface area contributed by atoms with Crippen LogP contribution < -0.4 is 5.32 Å². The van der Waals surface area contributed by atoms with E-state index in [1.807, 2.05) is 31.3 Å². The standard InChI is InChI=1S/C14H14N6OS2/c1-10(23-14-19-17-9-22-14)13(21)16-8-11-3-4-12(15-7-11)20-6-2-5-18-20/h2-7,9-10H,8H2,1H3,(H,16,21)/t10-/m1/s1. The lowest BCUT2D eigenvalue weighted by atomic mass is 10.2. The molecule has 1 amide bonds. The summed E-state index contributed by atoms with van der Waals surface area (Å²) in [5.41, 5.74) is 2.59. The Hall–Kier alpha value is -2.26. The van der Waals surface area contributed by atoms with Gasteiger partial charge in [-0.15, -0.1) is 10.2 Å². The van der Waals surface area contributed by atoms with E-state index in [1.54, 1.807) is 22.6 Å². The summed E-state index contributed by atoms with van der Waals surface area (Å²) in [6.07, 6.45) is 5.27. The van der Waals surface area contributed by atoms with Crippen LogP contribution in [0, 0.1) is 0 Å². The van der Waals surface area contributed by atoms with Crippen LogP contribution in [0.15, 0.2) is 46.6 Å². The van der Waals surface area contributed by atoms with E-state index >= 15 is 0 Å². The largest absolute Gasteiger partial charge is 0.351 e. The van der Waals surface area contributed by atoms with Gasteiger partial charge < -0.3 is 5.32 Å². The van der Waals surface area contributed by atoms with Crippen molar-refractivity contribution in [1.29, 1.82) is 0 Å². The fourth-order valence-corrected chi connectivity index (χ4v) is 3.46. The number of amides is 1. The number of nitrogens with zero attached hydrogens (tertiary/aromatic N) is 5. The first-order valence-electron chi connectivity index (χ1n) is 6.88. The van der Waals surface area contributed by atoms with E-state index in [2.05, 4.69) is 25.6 Å². The first kappa shape index (κ1) is 15.6. The Labute approximate surface area is 141 Å². The minimum atomic E-state index is -0.223. The zero-order chi connectivity index (χ0) is 16.1. The number of hydrogen-bond acceptors (Lipinski definition) is 7. The van der Waals surface area contributed by atoms with Crippen LogP contribution in [0.1, 0.15) is 12.5 Å². The predicted octanol–water partition coefficient (Wildman–Crippen LogP) is 1.92. The Bertz CT molecular complexity index is 742. The molecule has 118 valence electrons. The van der Waals surface area contributed by atoms with Crippen LogP contribution in [0.25, 0.3) is 5.82 Å². The second kappa shape index (κ2) is 7.34. The lowest BCUT2D eigenvalue weighted by Crippen LogP contribution is -2.30.